The highest BCUT2D eigenvalue weighted by Gasteiger charge is 2.31. The molecule has 1 aliphatic rings. The smallest absolute Gasteiger partial charge is 0.0323 e. The van der Waals surface area contributed by atoms with Crippen molar-refractivity contribution in [2.75, 3.05) is 6.54 Å². The largest absolute Gasteiger partial charge is 0.309 e. The summed E-state index contributed by atoms with van der Waals surface area (Å²) in [6.07, 6.45) is 8.54. The van der Waals surface area contributed by atoms with Gasteiger partial charge in [0.1, 0.15) is 0 Å². The first-order valence-electron chi connectivity index (χ1n) is 6.41. The Morgan fingerprint density at radius 3 is 2.94 bits per heavy atom. The SMILES string of the molecule is C#CCCNC1CCC(C)(C)c2ccccc21. The quantitative estimate of drug-likeness (QED) is 0.616. The van der Waals surface area contributed by atoms with E-state index in [2.05, 4.69) is 49.4 Å². The van der Waals surface area contributed by atoms with E-state index in [0.717, 1.165) is 13.0 Å². The molecular weight excluding hydrogens is 206 g/mol. The van der Waals surface area contributed by atoms with Crippen molar-refractivity contribution in [3.05, 3.63) is 35.4 Å². The van der Waals surface area contributed by atoms with Gasteiger partial charge in [-0.15, -0.1) is 12.3 Å². The fourth-order valence-corrected chi connectivity index (χ4v) is 2.74. The summed E-state index contributed by atoms with van der Waals surface area (Å²) in [4.78, 5) is 0. The molecule has 1 aromatic carbocycles. The van der Waals surface area contributed by atoms with Crippen LogP contribution in [0, 0.1) is 12.3 Å². The minimum atomic E-state index is 0.306. The molecule has 1 atom stereocenters. The van der Waals surface area contributed by atoms with Crippen LogP contribution in [0.3, 0.4) is 0 Å². The molecule has 0 fully saturated rings. The molecule has 0 bridgehead atoms. The standard InChI is InChI=1S/C16H21N/c1-4-5-12-17-15-10-11-16(2,3)14-9-7-6-8-13(14)15/h1,6-9,15,17H,5,10-12H2,2-3H3. The molecule has 1 heteroatoms. The first kappa shape index (κ1) is 12.2. The topological polar surface area (TPSA) is 12.0 Å². The Kier molecular flexibility index (Phi) is 3.54. The third-order valence-corrected chi connectivity index (χ3v) is 3.78. The van der Waals surface area contributed by atoms with Gasteiger partial charge in [-0.25, -0.2) is 0 Å². The number of terminal acetylenes is 1. The van der Waals surface area contributed by atoms with Gasteiger partial charge in [-0.2, -0.15) is 0 Å². The van der Waals surface area contributed by atoms with Gasteiger partial charge >= 0.3 is 0 Å². The second-order valence-electron chi connectivity index (χ2n) is 5.47. The lowest BCUT2D eigenvalue weighted by Crippen LogP contribution is -2.33. The third kappa shape index (κ3) is 2.53. The van der Waals surface area contributed by atoms with Crippen LogP contribution in [0.5, 0.6) is 0 Å². The van der Waals surface area contributed by atoms with Crippen LogP contribution < -0.4 is 5.32 Å². The zero-order valence-electron chi connectivity index (χ0n) is 10.8. The molecule has 0 radical (unpaired) electrons. The van der Waals surface area contributed by atoms with Crippen molar-refractivity contribution >= 4 is 0 Å². The average Bonchev–Trinajstić information content (AvgIpc) is 2.33. The summed E-state index contributed by atoms with van der Waals surface area (Å²) in [6, 6.07) is 9.28. The summed E-state index contributed by atoms with van der Waals surface area (Å²) in [5, 5.41) is 3.57. The number of hydrogen-bond donors (Lipinski definition) is 1. The fourth-order valence-electron chi connectivity index (χ4n) is 2.74. The Morgan fingerprint density at radius 1 is 1.41 bits per heavy atom. The minimum absolute atomic E-state index is 0.306. The zero-order chi connectivity index (χ0) is 12.3. The number of nitrogens with one attached hydrogen (secondary N) is 1. The number of hydrogen-bond acceptors (Lipinski definition) is 1. The molecule has 1 nitrogen and oxygen atoms in total. The van der Waals surface area contributed by atoms with Gasteiger partial charge < -0.3 is 5.32 Å². The second kappa shape index (κ2) is 4.94. The number of fused-ring (bicyclic) bond motifs is 1. The van der Waals surface area contributed by atoms with Crippen molar-refractivity contribution in [2.24, 2.45) is 0 Å². The average molecular weight is 227 g/mol. The van der Waals surface area contributed by atoms with Gasteiger partial charge in [-0.05, 0) is 29.4 Å². The van der Waals surface area contributed by atoms with E-state index in [4.69, 9.17) is 6.42 Å². The molecule has 0 saturated carbocycles. The van der Waals surface area contributed by atoms with Crippen molar-refractivity contribution in [2.45, 2.75) is 44.6 Å². The Morgan fingerprint density at radius 2 is 2.18 bits per heavy atom. The van der Waals surface area contributed by atoms with Crippen LogP contribution in [0.1, 0.15) is 50.3 Å². The summed E-state index contributed by atoms with van der Waals surface area (Å²) in [5.41, 5.74) is 3.26. The molecule has 0 saturated heterocycles. The summed E-state index contributed by atoms with van der Waals surface area (Å²) >= 11 is 0. The van der Waals surface area contributed by atoms with Gasteiger partial charge in [0.15, 0.2) is 0 Å². The Bertz CT molecular complexity index is 425. The highest BCUT2D eigenvalue weighted by Crippen LogP contribution is 2.41. The second-order valence-corrected chi connectivity index (χ2v) is 5.47. The van der Waals surface area contributed by atoms with E-state index in [-0.39, 0.29) is 0 Å². The van der Waals surface area contributed by atoms with Crippen LogP contribution in [0.15, 0.2) is 24.3 Å². The van der Waals surface area contributed by atoms with E-state index in [9.17, 15) is 0 Å². The molecule has 17 heavy (non-hydrogen) atoms. The molecular formula is C16H21N. The van der Waals surface area contributed by atoms with Crippen LogP contribution in [0.25, 0.3) is 0 Å². The highest BCUT2D eigenvalue weighted by molar-refractivity contribution is 5.38. The monoisotopic (exact) mass is 227 g/mol. The van der Waals surface area contributed by atoms with E-state index in [0.29, 0.717) is 11.5 Å². The van der Waals surface area contributed by atoms with Gasteiger partial charge in [-0.1, -0.05) is 38.1 Å². The lowest BCUT2D eigenvalue weighted by Gasteiger charge is -2.37. The van der Waals surface area contributed by atoms with Crippen molar-refractivity contribution in [3.63, 3.8) is 0 Å². The van der Waals surface area contributed by atoms with Crippen molar-refractivity contribution in [3.8, 4) is 12.3 Å². The van der Waals surface area contributed by atoms with Crippen molar-refractivity contribution < 1.29 is 0 Å². The van der Waals surface area contributed by atoms with E-state index >= 15 is 0 Å². The minimum Gasteiger partial charge on any atom is -0.309 e. The van der Waals surface area contributed by atoms with E-state index < -0.39 is 0 Å². The van der Waals surface area contributed by atoms with Gasteiger partial charge in [-0.3, -0.25) is 0 Å². The molecule has 0 aromatic heterocycles. The summed E-state index contributed by atoms with van der Waals surface area (Å²) in [5.74, 6) is 2.68. The van der Waals surface area contributed by atoms with Crippen LogP contribution in [0.4, 0.5) is 0 Å². The summed E-state index contributed by atoms with van der Waals surface area (Å²) in [6.45, 7) is 5.59. The first-order valence-corrected chi connectivity index (χ1v) is 6.41. The molecule has 0 amide bonds. The molecule has 1 aromatic rings. The normalized spacial score (nSPS) is 21.6. The fraction of sp³-hybridized carbons (Fsp3) is 0.500. The van der Waals surface area contributed by atoms with Crippen LogP contribution >= 0.6 is 0 Å². The Hall–Kier alpha value is -1.26. The molecule has 0 heterocycles. The van der Waals surface area contributed by atoms with Crippen LogP contribution in [-0.4, -0.2) is 6.54 Å². The molecule has 90 valence electrons. The van der Waals surface area contributed by atoms with Crippen LogP contribution in [0.2, 0.25) is 0 Å². The molecule has 1 unspecified atom stereocenters. The van der Waals surface area contributed by atoms with E-state index in [1.807, 2.05) is 0 Å². The van der Waals surface area contributed by atoms with Crippen molar-refractivity contribution in [1.29, 1.82) is 0 Å². The van der Waals surface area contributed by atoms with Gasteiger partial charge in [0.25, 0.3) is 0 Å². The zero-order valence-corrected chi connectivity index (χ0v) is 10.8. The van der Waals surface area contributed by atoms with Crippen LogP contribution in [-0.2, 0) is 5.41 Å². The highest BCUT2D eigenvalue weighted by atomic mass is 14.9. The van der Waals surface area contributed by atoms with E-state index in [1.165, 1.54) is 24.0 Å². The molecule has 1 aliphatic carbocycles. The van der Waals surface area contributed by atoms with Gasteiger partial charge in [0.05, 0.1) is 0 Å². The van der Waals surface area contributed by atoms with Gasteiger partial charge in [0.2, 0.25) is 0 Å². The molecule has 0 spiro atoms. The Labute approximate surface area is 105 Å². The van der Waals surface area contributed by atoms with Gasteiger partial charge in [0, 0.05) is 19.0 Å². The summed E-state index contributed by atoms with van der Waals surface area (Å²) < 4.78 is 0. The van der Waals surface area contributed by atoms with Crippen molar-refractivity contribution in [1.82, 2.24) is 5.32 Å². The maximum atomic E-state index is 5.29. The number of rotatable bonds is 3. The van der Waals surface area contributed by atoms with E-state index in [1.54, 1.807) is 0 Å². The predicted molar refractivity (Wildman–Crippen MR) is 72.9 cm³/mol. The molecule has 0 aliphatic heterocycles. The lowest BCUT2D eigenvalue weighted by molar-refractivity contribution is 0.360. The third-order valence-electron chi connectivity index (χ3n) is 3.78. The molecule has 1 N–H and O–H groups in total. The summed E-state index contributed by atoms with van der Waals surface area (Å²) in [7, 11) is 0. The predicted octanol–water partition coefficient (Wildman–Crippen LogP) is 3.41. The molecule has 2 rings (SSSR count). The first-order chi connectivity index (χ1) is 8.15. The lowest BCUT2D eigenvalue weighted by atomic mass is 9.71. The maximum absolute atomic E-state index is 5.29. The Balaban J connectivity index is 2.20. The maximum Gasteiger partial charge on any atom is 0.0323 e. The number of benzene rings is 1.